The standard InChI is InChI=1S/C15H15Cl2N/c16-11-5-1-3-7-14-9-10-15(18-13-14)8-4-2-6-12-17/h9-10,13H,1-2,5-6,11-12H2. The lowest BCUT2D eigenvalue weighted by Crippen LogP contribution is -1.84. The molecule has 0 radical (unpaired) electrons. The van der Waals surface area contributed by atoms with E-state index in [1.54, 1.807) is 6.20 Å². The van der Waals surface area contributed by atoms with Crippen LogP contribution in [-0.2, 0) is 0 Å². The summed E-state index contributed by atoms with van der Waals surface area (Å²) < 4.78 is 0. The topological polar surface area (TPSA) is 12.9 Å². The third kappa shape index (κ3) is 6.55. The molecule has 1 aromatic rings. The van der Waals surface area contributed by atoms with Crippen LogP contribution in [0.15, 0.2) is 18.3 Å². The van der Waals surface area contributed by atoms with E-state index in [2.05, 4.69) is 28.7 Å². The first kappa shape index (κ1) is 14.9. The minimum Gasteiger partial charge on any atom is -0.246 e. The molecule has 0 aliphatic carbocycles. The Bertz CT molecular complexity index is 412. The highest BCUT2D eigenvalue weighted by molar-refractivity contribution is 6.18. The first-order valence-corrected chi connectivity index (χ1v) is 6.99. The van der Waals surface area contributed by atoms with E-state index in [1.165, 1.54) is 0 Å². The van der Waals surface area contributed by atoms with Crippen molar-refractivity contribution < 1.29 is 0 Å². The van der Waals surface area contributed by atoms with E-state index < -0.39 is 0 Å². The van der Waals surface area contributed by atoms with Crippen LogP contribution in [0.25, 0.3) is 0 Å². The number of aromatic nitrogens is 1. The lowest BCUT2D eigenvalue weighted by atomic mass is 10.2. The average Bonchev–Trinajstić information content (AvgIpc) is 2.41. The van der Waals surface area contributed by atoms with Crippen molar-refractivity contribution in [1.82, 2.24) is 4.98 Å². The predicted octanol–water partition coefficient (Wildman–Crippen LogP) is 3.82. The maximum atomic E-state index is 5.57. The molecule has 1 aromatic heterocycles. The van der Waals surface area contributed by atoms with Gasteiger partial charge in [0.1, 0.15) is 5.69 Å². The fourth-order valence-electron chi connectivity index (χ4n) is 1.17. The van der Waals surface area contributed by atoms with Crippen molar-refractivity contribution in [3.05, 3.63) is 29.6 Å². The van der Waals surface area contributed by atoms with Gasteiger partial charge in [-0.05, 0) is 30.9 Å². The van der Waals surface area contributed by atoms with Crippen molar-refractivity contribution in [2.75, 3.05) is 11.8 Å². The first-order chi connectivity index (χ1) is 8.86. The summed E-state index contributed by atoms with van der Waals surface area (Å²) in [5.41, 5.74) is 1.69. The van der Waals surface area contributed by atoms with Crippen molar-refractivity contribution >= 4 is 23.2 Å². The fraction of sp³-hybridized carbons (Fsp3) is 0.400. The number of unbranched alkanes of at least 4 members (excludes halogenated alkanes) is 2. The van der Waals surface area contributed by atoms with Gasteiger partial charge in [0.2, 0.25) is 0 Å². The highest BCUT2D eigenvalue weighted by atomic mass is 35.5. The zero-order valence-corrected chi connectivity index (χ0v) is 11.7. The number of rotatable bonds is 4. The number of hydrogen-bond donors (Lipinski definition) is 0. The lowest BCUT2D eigenvalue weighted by Gasteiger charge is -1.91. The largest absolute Gasteiger partial charge is 0.246 e. The van der Waals surface area contributed by atoms with Crippen LogP contribution in [0.5, 0.6) is 0 Å². The molecule has 0 saturated heterocycles. The van der Waals surface area contributed by atoms with Crippen molar-refractivity contribution in [1.29, 1.82) is 0 Å². The Morgan fingerprint density at radius 1 is 0.944 bits per heavy atom. The summed E-state index contributed by atoms with van der Waals surface area (Å²) in [5, 5.41) is 0. The van der Waals surface area contributed by atoms with Crippen LogP contribution >= 0.6 is 23.2 Å². The number of halogens is 2. The SMILES string of the molecule is ClCCCC#Cc1ccc(C#CCCCCl)nc1. The molecule has 1 rings (SSSR count). The zero-order chi connectivity index (χ0) is 13.1. The third-order valence-corrected chi connectivity index (χ3v) is 2.62. The van der Waals surface area contributed by atoms with Gasteiger partial charge >= 0.3 is 0 Å². The van der Waals surface area contributed by atoms with Gasteiger partial charge in [-0.25, -0.2) is 4.98 Å². The normalized spacial score (nSPS) is 9.00. The zero-order valence-electron chi connectivity index (χ0n) is 10.2. The van der Waals surface area contributed by atoms with Gasteiger partial charge in [-0.1, -0.05) is 17.8 Å². The van der Waals surface area contributed by atoms with Crippen LogP contribution in [0.3, 0.4) is 0 Å². The molecule has 0 spiro atoms. The fourth-order valence-corrected chi connectivity index (χ4v) is 1.44. The highest BCUT2D eigenvalue weighted by Gasteiger charge is 1.89. The van der Waals surface area contributed by atoms with E-state index in [4.69, 9.17) is 23.2 Å². The number of alkyl halides is 2. The second-order valence-corrected chi connectivity index (χ2v) is 4.38. The summed E-state index contributed by atoms with van der Waals surface area (Å²) >= 11 is 11.1. The van der Waals surface area contributed by atoms with Crippen molar-refractivity contribution in [3.8, 4) is 23.7 Å². The summed E-state index contributed by atoms with van der Waals surface area (Å²) in [7, 11) is 0. The third-order valence-electron chi connectivity index (χ3n) is 2.08. The predicted molar refractivity (Wildman–Crippen MR) is 77.9 cm³/mol. The Labute approximate surface area is 119 Å². The maximum absolute atomic E-state index is 5.57. The molecule has 3 heteroatoms. The quantitative estimate of drug-likeness (QED) is 0.464. The molecule has 1 heterocycles. The molecule has 0 aliphatic rings. The Morgan fingerprint density at radius 3 is 2.17 bits per heavy atom. The summed E-state index contributed by atoms with van der Waals surface area (Å²) in [6.45, 7) is 0. The van der Waals surface area contributed by atoms with Crippen molar-refractivity contribution in [2.24, 2.45) is 0 Å². The van der Waals surface area contributed by atoms with E-state index in [1.807, 2.05) is 12.1 Å². The first-order valence-electron chi connectivity index (χ1n) is 5.92. The minimum absolute atomic E-state index is 0.652. The number of hydrogen-bond acceptors (Lipinski definition) is 1. The molecule has 0 saturated carbocycles. The van der Waals surface area contributed by atoms with Crippen LogP contribution in [0, 0.1) is 23.7 Å². The van der Waals surface area contributed by atoms with Crippen molar-refractivity contribution in [2.45, 2.75) is 25.7 Å². The van der Waals surface area contributed by atoms with E-state index in [0.29, 0.717) is 11.8 Å². The van der Waals surface area contributed by atoms with Gasteiger partial charge in [-0.15, -0.1) is 23.2 Å². The van der Waals surface area contributed by atoms with Crippen molar-refractivity contribution in [3.63, 3.8) is 0 Å². The second-order valence-electron chi connectivity index (χ2n) is 3.62. The molecule has 1 nitrogen and oxygen atoms in total. The van der Waals surface area contributed by atoms with E-state index in [0.717, 1.165) is 36.9 Å². The smallest absolute Gasteiger partial charge is 0.113 e. The van der Waals surface area contributed by atoms with Gasteiger partial charge < -0.3 is 0 Å². The second kappa shape index (κ2) is 9.84. The minimum atomic E-state index is 0.652. The van der Waals surface area contributed by atoms with Gasteiger partial charge in [0.15, 0.2) is 0 Å². The monoisotopic (exact) mass is 279 g/mol. The van der Waals surface area contributed by atoms with Gasteiger partial charge in [0.25, 0.3) is 0 Å². The van der Waals surface area contributed by atoms with E-state index >= 15 is 0 Å². The van der Waals surface area contributed by atoms with Crippen LogP contribution in [0.1, 0.15) is 36.9 Å². The Balaban J connectivity index is 2.50. The van der Waals surface area contributed by atoms with Gasteiger partial charge in [-0.3, -0.25) is 0 Å². The van der Waals surface area contributed by atoms with Crippen LogP contribution < -0.4 is 0 Å². The van der Waals surface area contributed by atoms with Crippen LogP contribution in [0.2, 0.25) is 0 Å². The van der Waals surface area contributed by atoms with Gasteiger partial charge in [0.05, 0.1) is 0 Å². The Hall–Kier alpha value is -1.15. The molecule has 0 fully saturated rings. The molecule has 0 aliphatic heterocycles. The maximum Gasteiger partial charge on any atom is 0.113 e. The molecule has 0 N–H and O–H groups in total. The number of nitrogens with zero attached hydrogens (tertiary/aromatic N) is 1. The average molecular weight is 280 g/mol. The summed E-state index contributed by atoms with van der Waals surface area (Å²) in [6.07, 6.45) is 5.22. The molecule has 94 valence electrons. The van der Waals surface area contributed by atoms with Crippen LogP contribution in [0.4, 0.5) is 0 Å². The molecule has 18 heavy (non-hydrogen) atoms. The molecular weight excluding hydrogens is 265 g/mol. The summed E-state index contributed by atoms with van der Waals surface area (Å²) in [6, 6.07) is 3.82. The Kier molecular flexibility index (Phi) is 8.15. The van der Waals surface area contributed by atoms with Gasteiger partial charge in [0, 0.05) is 36.4 Å². The molecule has 0 aromatic carbocycles. The van der Waals surface area contributed by atoms with E-state index in [9.17, 15) is 0 Å². The summed E-state index contributed by atoms with van der Waals surface area (Å²) in [4.78, 5) is 4.24. The molecular formula is C15H15Cl2N. The van der Waals surface area contributed by atoms with E-state index in [-0.39, 0.29) is 0 Å². The summed E-state index contributed by atoms with van der Waals surface area (Å²) in [5.74, 6) is 13.4. The molecule has 0 atom stereocenters. The highest BCUT2D eigenvalue weighted by Crippen LogP contribution is 1.99. The number of pyridine rings is 1. The van der Waals surface area contributed by atoms with Gasteiger partial charge in [-0.2, -0.15) is 0 Å². The lowest BCUT2D eigenvalue weighted by molar-refractivity contribution is 0.991. The van der Waals surface area contributed by atoms with Crippen LogP contribution in [-0.4, -0.2) is 16.7 Å². The molecule has 0 bridgehead atoms. The molecule has 0 unspecified atom stereocenters. The molecule has 0 amide bonds. The Morgan fingerprint density at radius 2 is 1.61 bits per heavy atom.